The van der Waals surface area contributed by atoms with Crippen LogP contribution in [0.2, 0.25) is 0 Å². The minimum absolute atomic E-state index is 0.000169. The first-order valence-corrected chi connectivity index (χ1v) is 9.05. The van der Waals surface area contributed by atoms with Crippen molar-refractivity contribution < 1.29 is 9.84 Å². The van der Waals surface area contributed by atoms with Crippen molar-refractivity contribution in [3.8, 4) is 0 Å². The smallest absolute Gasteiger partial charge is 0.191 e. The van der Waals surface area contributed by atoms with Gasteiger partial charge in [-0.15, -0.1) is 0 Å². The summed E-state index contributed by atoms with van der Waals surface area (Å²) in [5.41, 5.74) is 2.93. The molecule has 0 saturated carbocycles. The van der Waals surface area contributed by atoms with Gasteiger partial charge in [0.15, 0.2) is 5.96 Å². The summed E-state index contributed by atoms with van der Waals surface area (Å²) in [4.78, 5) is 4.78. The number of aliphatic hydroxyl groups excluding tert-OH is 1. The Kier molecular flexibility index (Phi) is 5.74. The van der Waals surface area contributed by atoms with Gasteiger partial charge in [0, 0.05) is 37.6 Å². The zero-order valence-electron chi connectivity index (χ0n) is 14.6. The molecule has 24 heavy (non-hydrogen) atoms. The Morgan fingerprint density at radius 3 is 2.96 bits per heavy atom. The van der Waals surface area contributed by atoms with E-state index in [2.05, 4.69) is 41.8 Å². The molecule has 0 spiro atoms. The molecule has 1 aliphatic carbocycles. The number of ether oxygens (including phenoxy) is 1. The number of guanidine groups is 1. The highest BCUT2D eigenvalue weighted by Crippen LogP contribution is 2.34. The molecule has 3 rings (SSSR count). The van der Waals surface area contributed by atoms with Crippen LogP contribution in [0, 0.1) is 5.41 Å². The van der Waals surface area contributed by atoms with Crippen LogP contribution in [0.25, 0.3) is 0 Å². The maximum atomic E-state index is 9.33. The summed E-state index contributed by atoms with van der Waals surface area (Å²) in [6.07, 6.45) is 2.88. The highest BCUT2D eigenvalue weighted by atomic mass is 16.5. The third-order valence-electron chi connectivity index (χ3n) is 5.22. The zero-order valence-corrected chi connectivity index (χ0v) is 14.6. The average molecular weight is 331 g/mol. The zero-order chi connectivity index (χ0) is 16.8. The Hall–Kier alpha value is -1.59. The standard InChI is InChI=1S/C19H29N3O2/c1-2-20-18(22-13-19(7-9-23)8-10-24-14-19)21-12-16-11-15-5-3-4-6-17(15)16/h3-6,16,23H,2,7-14H2,1H3,(H2,20,21,22). The van der Waals surface area contributed by atoms with Crippen LogP contribution in [0.15, 0.2) is 29.3 Å². The van der Waals surface area contributed by atoms with Crippen molar-refractivity contribution in [2.24, 2.45) is 10.4 Å². The van der Waals surface area contributed by atoms with Crippen LogP contribution in [0.3, 0.4) is 0 Å². The normalized spacial score (nSPS) is 25.9. The number of nitrogens with one attached hydrogen (secondary N) is 2. The second-order valence-corrected chi connectivity index (χ2v) is 6.95. The van der Waals surface area contributed by atoms with E-state index >= 15 is 0 Å². The summed E-state index contributed by atoms with van der Waals surface area (Å²) >= 11 is 0. The van der Waals surface area contributed by atoms with Gasteiger partial charge in [-0.25, -0.2) is 0 Å². The quantitative estimate of drug-likeness (QED) is 0.525. The minimum atomic E-state index is 0.000169. The first kappa shape index (κ1) is 17.2. The van der Waals surface area contributed by atoms with Gasteiger partial charge in [0.1, 0.15) is 0 Å². The van der Waals surface area contributed by atoms with Gasteiger partial charge in [-0.2, -0.15) is 0 Å². The molecule has 3 N–H and O–H groups in total. The lowest BCUT2D eigenvalue weighted by atomic mass is 9.78. The van der Waals surface area contributed by atoms with Crippen LogP contribution >= 0.6 is 0 Å². The van der Waals surface area contributed by atoms with Gasteiger partial charge in [0.25, 0.3) is 0 Å². The van der Waals surface area contributed by atoms with Crippen LogP contribution in [0.4, 0.5) is 0 Å². The Morgan fingerprint density at radius 2 is 2.25 bits per heavy atom. The third-order valence-corrected chi connectivity index (χ3v) is 5.22. The van der Waals surface area contributed by atoms with Crippen molar-refractivity contribution in [1.29, 1.82) is 0 Å². The van der Waals surface area contributed by atoms with Crippen molar-refractivity contribution in [1.82, 2.24) is 10.6 Å². The highest BCUT2D eigenvalue weighted by Gasteiger charge is 2.34. The highest BCUT2D eigenvalue weighted by molar-refractivity contribution is 5.79. The fourth-order valence-corrected chi connectivity index (χ4v) is 3.64. The lowest BCUT2D eigenvalue weighted by Gasteiger charge is -2.31. The van der Waals surface area contributed by atoms with Gasteiger partial charge in [0.05, 0.1) is 13.2 Å². The van der Waals surface area contributed by atoms with E-state index < -0.39 is 0 Å². The number of aliphatic imine (C=N–C) groups is 1. The second-order valence-electron chi connectivity index (χ2n) is 6.95. The number of hydrogen-bond donors (Lipinski definition) is 3. The lowest BCUT2D eigenvalue weighted by molar-refractivity contribution is 0.131. The van der Waals surface area contributed by atoms with E-state index in [1.807, 2.05) is 0 Å². The summed E-state index contributed by atoms with van der Waals surface area (Å²) in [6.45, 7) is 6.21. The summed E-state index contributed by atoms with van der Waals surface area (Å²) in [6, 6.07) is 8.66. The summed E-state index contributed by atoms with van der Waals surface area (Å²) in [5, 5.41) is 16.1. The predicted molar refractivity (Wildman–Crippen MR) is 96.4 cm³/mol. The minimum Gasteiger partial charge on any atom is -0.396 e. The first-order chi connectivity index (χ1) is 11.8. The largest absolute Gasteiger partial charge is 0.396 e. The molecule has 1 aromatic rings. The van der Waals surface area contributed by atoms with Gasteiger partial charge in [-0.1, -0.05) is 24.3 Å². The van der Waals surface area contributed by atoms with E-state index in [4.69, 9.17) is 9.73 Å². The molecular weight excluding hydrogens is 302 g/mol. The molecule has 1 aliphatic heterocycles. The molecule has 0 bridgehead atoms. The molecule has 2 atom stereocenters. The monoisotopic (exact) mass is 331 g/mol. The molecule has 0 amide bonds. The lowest BCUT2D eigenvalue weighted by Crippen LogP contribution is -2.42. The number of nitrogens with zero attached hydrogens (tertiary/aromatic N) is 1. The molecule has 1 saturated heterocycles. The summed E-state index contributed by atoms with van der Waals surface area (Å²) < 4.78 is 5.55. The van der Waals surface area contributed by atoms with E-state index in [0.717, 1.165) is 44.9 Å². The van der Waals surface area contributed by atoms with E-state index in [1.165, 1.54) is 11.1 Å². The summed E-state index contributed by atoms with van der Waals surface area (Å²) in [7, 11) is 0. The van der Waals surface area contributed by atoms with Gasteiger partial charge in [-0.05, 0) is 37.3 Å². The first-order valence-electron chi connectivity index (χ1n) is 9.05. The van der Waals surface area contributed by atoms with Gasteiger partial charge >= 0.3 is 0 Å². The number of benzene rings is 1. The van der Waals surface area contributed by atoms with Crippen molar-refractivity contribution in [2.45, 2.75) is 32.1 Å². The molecule has 1 aromatic carbocycles. The SMILES string of the molecule is CCNC(=NCC1(CCO)CCOC1)NCC1Cc2ccccc21. The van der Waals surface area contributed by atoms with Crippen molar-refractivity contribution >= 4 is 5.96 Å². The number of aliphatic hydroxyl groups is 1. The second kappa shape index (κ2) is 7.99. The molecule has 1 fully saturated rings. The Morgan fingerprint density at radius 1 is 1.38 bits per heavy atom. The van der Waals surface area contributed by atoms with E-state index in [0.29, 0.717) is 19.1 Å². The van der Waals surface area contributed by atoms with Gasteiger partial charge < -0.3 is 20.5 Å². The molecular formula is C19H29N3O2. The van der Waals surface area contributed by atoms with Crippen LogP contribution in [0.5, 0.6) is 0 Å². The molecule has 1 heterocycles. The number of rotatable bonds is 7. The predicted octanol–water partition coefficient (Wildman–Crippen LogP) is 1.67. The van der Waals surface area contributed by atoms with Crippen LogP contribution in [-0.2, 0) is 11.2 Å². The maximum Gasteiger partial charge on any atom is 0.191 e. The van der Waals surface area contributed by atoms with E-state index in [-0.39, 0.29) is 12.0 Å². The average Bonchev–Trinajstić information content (AvgIpc) is 3.02. The van der Waals surface area contributed by atoms with Crippen LogP contribution < -0.4 is 10.6 Å². The molecule has 0 radical (unpaired) electrons. The van der Waals surface area contributed by atoms with Crippen LogP contribution in [-0.4, -0.2) is 50.5 Å². The molecule has 2 aliphatic rings. The fourth-order valence-electron chi connectivity index (χ4n) is 3.64. The van der Waals surface area contributed by atoms with Crippen molar-refractivity contribution in [2.75, 3.05) is 39.5 Å². The van der Waals surface area contributed by atoms with Crippen molar-refractivity contribution in [3.05, 3.63) is 35.4 Å². The third kappa shape index (κ3) is 3.90. The molecule has 132 valence electrons. The topological polar surface area (TPSA) is 65.9 Å². The van der Waals surface area contributed by atoms with E-state index in [1.54, 1.807) is 0 Å². The van der Waals surface area contributed by atoms with Crippen LogP contribution in [0.1, 0.15) is 36.8 Å². The Bertz CT molecular complexity index is 567. The van der Waals surface area contributed by atoms with Crippen molar-refractivity contribution in [3.63, 3.8) is 0 Å². The Balaban J connectivity index is 1.56. The van der Waals surface area contributed by atoms with E-state index in [9.17, 15) is 5.11 Å². The molecule has 5 heteroatoms. The maximum absolute atomic E-state index is 9.33. The molecule has 5 nitrogen and oxygen atoms in total. The fraction of sp³-hybridized carbons (Fsp3) is 0.632. The molecule has 2 unspecified atom stereocenters. The Labute approximate surface area is 144 Å². The number of hydrogen-bond acceptors (Lipinski definition) is 3. The van der Waals surface area contributed by atoms with Gasteiger partial charge in [0.2, 0.25) is 0 Å². The molecule has 0 aromatic heterocycles. The number of fused-ring (bicyclic) bond motifs is 1. The summed E-state index contributed by atoms with van der Waals surface area (Å²) in [5.74, 6) is 1.44. The van der Waals surface area contributed by atoms with Gasteiger partial charge in [-0.3, -0.25) is 4.99 Å².